The third kappa shape index (κ3) is 4.18. The average Bonchev–Trinajstić information content (AvgIpc) is 3.01. The number of piperidine rings is 1. The largest absolute Gasteiger partial charge is 0.368 e. The number of nitrogens with two attached hydrogens (primary N) is 1. The molecule has 3 amide bonds. The molecular formula is C19H19ClFN3O3S. The first-order valence-corrected chi connectivity index (χ1v) is 9.94. The second-order valence-electron chi connectivity index (χ2n) is 6.61. The fraction of sp³-hybridized carbons (Fsp3) is 0.316. The summed E-state index contributed by atoms with van der Waals surface area (Å²) in [5.41, 5.74) is 6.26. The van der Waals surface area contributed by atoms with Crippen molar-refractivity contribution >= 4 is 45.7 Å². The highest BCUT2D eigenvalue weighted by Gasteiger charge is 2.32. The minimum Gasteiger partial charge on any atom is -0.368 e. The first-order valence-electron chi connectivity index (χ1n) is 8.75. The summed E-state index contributed by atoms with van der Waals surface area (Å²) in [5.74, 6) is -1.82. The Bertz CT molecular complexity index is 947. The quantitative estimate of drug-likeness (QED) is 0.787. The predicted octanol–water partition coefficient (Wildman–Crippen LogP) is 3.58. The molecule has 1 saturated heterocycles. The molecule has 148 valence electrons. The number of thiophene rings is 1. The molecule has 2 aromatic rings. The highest BCUT2D eigenvalue weighted by molar-refractivity contribution is 7.18. The normalized spacial score (nSPS) is 16.7. The first-order chi connectivity index (χ1) is 13.3. The summed E-state index contributed by atoms with van der Waals surface area (Å²) in [5, 5.41) is 3.14. The van der Waals surface area contributed by atoms with E-state index in [1.807, 2.05) is 0 Å². The molecule has 0 radical (unpaired) electrons. The number of likely N-dealkylation sites (tertiary alicyclic amines) is 1. The number of nitrogens with one attached hydrogen (secondary N) is 1. The summed E-state index contributed by atoms with van der Waals surface area (Å²) in [6, 6.07) is 4.57. The van der Waals surface area contributed by atoms with Crippen molar-refractivity contribution in [3.63, 3.8) is 0 Å². The highest BCUT2D eigenvalue weighted by atomic mass is 35.5. The van der Waals surface area contributed by atoms with Crippen LogP contribution in [0.3, 0.4) is 0 Å². The van der Waals surface area contributed by atoms with Crippen LogP contribution < -0.4 is 11.1 Å². The molecule has 9 heteroatoms. The molecule has 0 bridgehead atoms. The van der Waals surface area contributed by atoms with E-state index >= 15 is 0 Å². The molecule has 1 fully saturated rings. The fourth-order valence-corrected chi connectivity index (χ4v) is 4.49. The zero-order valence-electron chi connectivity index (χ0n) is 15.1. The highest BCUT2D eigenvalue weighted by Crippen LogP contribution is 2.31. The van der Waals surface area contributed by atoms with Gasteiger partial charge in [0.1, 0.15) is 11.9 Å². The van der Waals surface area contributed by atoms with Crippen molar-refractivity contribution in [2.75, 3.05) is 11.9 Å². The van der Waals surface area contributed by atoms with E-state index in [2.05, 4.69) is 5.32 Å². The van der Waals surface area contributed by atoms with Crippen molar-refractivity contribution in [3.8, 4) is 0 Å². The van der Waals surface area contributed by atoms with Gasteiger partial charge in [0.2, 0.25) is 5.91 Å². The maximum atomic E-state index is 13.2. The third-order valence-electron chi connectivity index (χ3n) is 4.62. The summed E-state index contributed by atoms with van der Waals surface area (Å²) in [6.45, 7) is 2.23. The van der Waals surface area contributed by atoms with Crippen molar-refractivity contribution in [3.05, 3.63) is 51.1 Å². The van der Waals surface area contributed by atoms with Gasteiger partial charge in [-0.15, -0.1) is 11.3 Å². The number of nitrogens with zero attached hydrogens (tertiary/aromatic N) is 1. The van der Waals surface area contributed by atoms with Gasteiger partial charge >= 0.3 is 0 Å². The van der Waals surface area contributed by atoms with Gasteiger partial charge in [-0.25, -0.2) is 4.39 Å². The molecule has 1 aromatic carbocycles. The van der Waals surface area contributed by atoms with E-state index in [1.165, 1.54) is 11.0 Å². The van der Waals surface area contributed by atoms with Gasteiger partial charge in [0.15, 0.2) is 0 Å². The fourth-order valence-electron chi connectivity index (χ4n) is 3.21. The lowest BCUT2D eigenvalue weighted by atomic mass is 10.0. The minimum atomic E-state index is -0.612. The number of hydrogen-bond acceptors (Lipinski definition) is 4. The van der Waals surface area contributed by atoms with Gasteiger partial charge in [0.05, 0.1) is 20.5 Å². The van der Waals surface area contributed by atoms with Crippen LogP contribution in [0, 0.1) is 12.7 Å². The molecular weight excluding hydrogens is 405 g/mol. The summed E-state index contributed by atoms with van der Waals surface area (Å²) >= 11 is 7.04. The van der Waals surface area contributed by atoms with Crippen LogP contribution in [-0.2, 0) is 4.79 Å². The molecule has 1 aliphatic rings. The van der Waals surface area contributed by atoms with E-state index in [0.29, 0.717) is 28.4 Å². The summed E-state index contributed by atoms with van der Waals surface area (Å²) in [6.07, 6.45) is 2.21. The molecule has 6 nitrogen and oxygen atoms in total. The molecule has 0 aliphatic carbocycles. The smallest absolute Gasteiger partial charge is 0.264 e. The van der Waals surface area contributed by atoms with Crippen molar-refractivity contribution in [2.45, 2.75) is 32.2 Å². The van der Waals surface area contributed by atoms with E-state index in [0.717, 1.165) is 36.3 Å². The van der Waals surface area contributed by atoms with Crippen LogP contribution >= 0.6 is 22.9 Å². The number of carbonyl (C=O) groups excluding carboxylic acids is 3. The summed E-state index contributed by atoms with van der Waals surface area (Å²) in [4.78, 5) is 39.0. The number of primary amides is 1. The van der Waals surface area contributed by atoms with Crippen molar-refractivity contribution in [1.82, 2.24) is 4.90 Å². The first kappa shape index (κ1) is 20.3. The number of benzene rings is 1. The minimum absolute atomic E-state index is 0.000283. The Morgan fingerprint density at radius 3 is 2.71 bits per heavy atom. The van der Waals surface area contributed by atoms with Gasteiger partial charge in [-0.2, -0.15) is 0 Å². The van der Waals surface area contributed by atoms with E-state index in [1.54, 1.807) is 13.0 Å². The summed E-state index contributed by atoms with van der Waals surface area (Å²) < 4.78 is 13.2. The predicted molar refractivity (Wildman–Crippen MR) is 106 cm³/mol. The zero-order valence-corrected chi connectivity index (χ0v) is 16.7. The molecule has 0 spiro atoms. The molecule has 1 unspecified atom stereocenters. The molecule has 28 heavy (non-hydrogen) atoms. The lowest BCUT2D eigenvalue weighted by molar-refractivity contribution is -0.123. The second kappa shape index (κ2) is 8.28. The van der Waals surface area contributed by atoms with Crippen LogP contribution in [0.2, 0.25) is 5.02 Å². The molecule has 1 aliphatic heterocycles. The molecule has 0 saturated carbocycles. The number of hydrogen-bond donors (Lipinski definition) is 2. The SMILES string of the molecule is Cc1cc(NC(=O)c2ccc(F)cc2Cl)sc1C(=O)N1CCCCC1C(N)=O. The zero-order chi connectivity index (χ0) is 20.4. The van der Waals surface area contributed by atoms with E-state index in [9.17, 15) is 18.8 Å². The van der Waals surface area contributed by atoms with Crippen molar-refractivity contribution in [1.29, 1.82) is 0 Å². The monoisotopic (exact) mass is 423 g/mol. The maximum absolute atomic E-state index is 13.2. The molecule has 3 rings (SSSR count). The van der Waals surface area contributed by atoms with Crippen LogP contribution in [-0.4, -0.2) is 35.2 Å². The lowest BCUT2D eigenvalue weighted by Crippen LogP contribution is -2.50. The van der Waals surface area contributed by atoms with Gasteiger partial charge in [-0.1, -0.05) is 11.6 Å². The summed E-state index contributed by atoms with van der Waals surface area (Å²) in [7, 11) is 0. The van der Waals surface area contributed by atoms with Gasteiger partial charge in [0.25, 0.3) is 11.8 Å². The Balaban J connectivity index is 1.79. The van der Waals surface area contributed by atoms with Gasteiger partial charge in [-0.05, 0) is 56.0 Å². The van der Waals surface area contributed by atoms with Crippen LogP contribution in [0.4, 0.5) is 9.39 Å². The third-order valence-corrected chi connectivity index (χ3v) is 6.07. The number of carbonyl (C=O) groups is 3. The molecule has 3 N–H and O–H groups in total. The topological polar surface area (TPSA) is 92.5 Å². The van der Waals surface area contributed by atoms with Gasteiger partial charge in [0, 0.05) is 6.54 Å². The van der Waals surface area contributed by atoms with E-state index in [-0.39, 0.29) is 16.5 Å². The number of rotatable bonds is 4. The van der Waals surface area contributed by atoms with Gasteiger partial charge < -0.3 is 16.0 Å². The lowest BCUT2D eigenvalue weighted by Gasteiger charge is -2.33. The van der Waals surface area contributed by atoms with E-state index < -0.39 is 23.7 Å². The number of anilines is 1. The Morgan fingerprint density at radius 2 is 2.04 bits per heavy atom. The van der Waals surface area contributed by atoms with Crippen LogP contribution in [0.1, 0.15) is 44.9 Å². The number of aryl methyl sites for hydroxylation is 1. The van der Waals surface area contributed by atoms with Crippen molar-refractivity contribution < 1.29 is 18.8 Å². The van der Waals surface area contributed by atoms with Crippen LogP contribution in [0.5, 0.6) is 0 Å². The Morgan fingerprint density at radius 1 is 1.29 bits per heavy atom. The Hall–Kier alpha value is -2.45. The Labute approximate surface area is 170 Å². The maximum Gasteiger partial charge on any atom is 0.264 e. The standard InChI is InChI=1S/C19H19ClFN3O3S/c1-10-8-15(23-18(26)12-6-5-11(21)9-13(12)20)28-16(10)19(27)24-7-3-2-4-14(24)17(22)25/h5-6,8-9,14H,2-4,7H2,1H3,(H2,22,25)(H,23,26). The number of amides is 3. The van der Waals surface area contributed by atoms with E-state index in [4.69, 9.17) is 17.3 Å². The molecule has 1 aromatic heterocycles. The van der Waals surface area contributed by atoms with Crippen molar-refractivity contribution in [2.24, 2.45) is 5.73 Å². The van der Waals surface area contributed by atoms with Crippen LogP contribution in [0.25, 0.3) is 0 Å². The number of halogens is 2. The van der Waals surface area contributed by atoms with Gasteiger partial charge in [-0.3, -0.25) is 14.4 Å². The van der Waals surface area contributed by atoms with Crippen LogP contribution in [0.15, 0.2) is 24.3 Å². The second-order valence-corrected chi connectivity index (χ2v) is 8.07. The molecule has 2 heterocycles. The average molecular weight is 424 g/mol. The molecule has 1 atom stereocenters. The Kier molecular flexibility index (Phi) is 6.00.